The summed E-state index contributed by atoms with van der Waals surface area (Å²) in [5.74, 6) is 1.85. The van der Waals surface area contributed by atoms with E-state index in [0.29, 0.717) is 11.5 Å². The van der Waals surface area contributed by atoms with E-state index in [1.807, 2.05) is 0 Å². The number of rotatable bonds is 3. The Kier molecular flexibility index (Phi) is 4.64. The highest BCUT2D eigenvalue weighted by atomic mass is 14.9. The second-order valence-electron chi connectivity index (χ2n) is 6.25. The van der Waals surface area contributed by atoms with Crippen molar-refractivity contribution in [3.8, 4) is 0 Å². The van der Waals surface area contributed by atoms with E-state index >= 15 is 0 Å². The molecular weight excluding hydrogens is 182 g/mol. The zero-order valence-corrected chi connectivity index (χ0v) is 11.3. The predicted octanol–water partition coefficient (Wildman–Crippen LogP) is 3.84. The predicted molar refractivity (Wildman–Crippen MR) is 68.0 cm³/mol. The molecule has 0 saturated heterocycles. The first-order valence-electron chi connectivity index (χ1n) is 6.68. The third-order valence-corrected chi connectivity index (χ3v) is 4.16. The van der Waals surface area contributed by atoms with Gasteiger partial charge in [-0.1, -0.05) is 53.4 Å². The number of hydrogen-bond acceptors (Lipinski definition) is 1. The van der Waals surface area contributed by atoms with E-state index in [2.05, 4.69) is 40.1 Å². The topological polar surface area (TPSA) is 12.0 Å². The van der Waals surface area contributed by atoms with E-state index in [1.165, 1.54) is 32.1 Å². The lowest BCUT2D eigenvalue weighted by Crippen LogP contribution is -2.47. The molecule has 0 bridgehead atoms. The molecule has 0 aromatic rings. The van der Waals surface area contributed by atoms with Crippen molar-refractivity contribution in [2.24, 2.45) is 17.3 Å². The third kappa shape index (κ3) is 3.21. The molecule has 1 saturated carbocycles. The van der Waals surface area contributed by atoms with Crippen LogP contribution >= 0.6 is 0 Å². The van der Waals surface area contributed by atoms with Gasteiger partial charge >= 0.3 is 0 Å². The summed E-state index contributed by atoms with van der Waals surface area (Å²) in [7, 11) is 2.14. The van der Waals surface area contributed by atoms with Gasteiger partial charge in [0.05, 0.1) is 0 Å². The molecule has 0 spiro atoms. The lowest BCUT2D eigenvalue weighted by molar-refractivity contribution is 0.110. The van der Waals surface area contributed by atoms with Crippen LogP contribution in [-0.4, -0.2) is 13.1 Å². The summed E-state index contributed by atoms with van der Waals surface area (Å²) in [4.78, 5) is 0. The van der Waals surface area contributed by atoms with Crippen LogP contribution in [-0.2, 0) is 0 Å². The second-order valence-corrected chi connectivity index (χ2v) is 6.25. The van der Waals surface area contributed by atoms with Gasteiger partial charge in [-0.05, 0) is 30.7 Å². The summed E-state index contributed by atoms with van der Waals surface area (Å²) in [6, 6.07) is 0.683. The van der Waals surface area contributed by atoms with Crippen molar-refractivity contribution in [3.63, 3.8) is 0 Å². The largest absolute Gasteiger partial charge is 0.316 e. The number of hydrogen-bond donors (Lipinski definition) is 1. The van der Waals surface area contributed by atoms with Gasteiger partial charge in [0, 0.05) is 6.04 Å². The SMILES string of the molecule is CCC1CCCCC1C(NC)C(C)(C)C. The Morgan fingerprint density at radius 2 is 1.80 bits per heavy atom. The quantitative estimate of drug-likeness (QED) is 0.748. The minimum atomic E-state index is 0.393. The molecule has 90 valence electrons. The Labute approximate surface area is 96.0 Å². The molecule has 15 heavy (non-hydrogen) atoms. The van der Waals surface area contributed by atoms with Gasteiger partial charge < -0.3 is 5.32 Å². The first-order valence-corrected chi connectivity index (χ1v) is 6.68. The van der Waals surface area contributed by atoms with Crippen molar-refractivity contribution in [1.29, 1.82) is 0 Å². The van der Waals surface area contributed by atoms with Gasteiger partial charge in [0.25, 0.3) is 0 Å². The summed E-state index contributed by atoms with van der Waals surface area (Å²) in [5.41, 5.74) is 0.393. The van der Waals surface area contributed by atoms with Crippen molar-refractivity contribution in [2.45, 2.75) is 65.8 Å². The Hall–Kier alpha value is -0.0400. The van der Waals surface area contributed by atoms with Crippen LogP contribution in [0.4, 0.5) is 0 Å². The van der Waals surface area contributed by atoms with Crippen LogP contribution in [0.1, 0.15) is 59.8 Å². The Morgan fingerprint density at radius 1 is 1.20 bits per heavy atom. The standard InChI is InChI=1S/C14H29N/c1-6-11-9-7-8-10-12(11)13(15-5)14(2,3)4/h11-13,15H,6-10H2,1-5H3. The Bertz CT molecular complexity index is 180. The molecule has 0 aliphatic heterocycles. The molecule has 0 aromatic carbocycles. The first-order chi connectivity index (χ1) is 7.00. The molecular formula is C14H29N. The summed E-state index contributed by atoms with van der Waals surface area (Å²) in [5, 5.41) is 3.58. The van der Waals surface area contributed by atoms with Gasteiger partial charge in [0.1, 0.15) is 0 Å². The lowest BCUT2D eigenvalue weighted by atomic mass is 9.67. The summed E-state index contributed by atoms with van der Waals surface area (Å²) in [6.45, 7) is 9.47. The zero-order valence-electron chi connectivity index (χ0n) is 11.3. The van der Waals surface area contributed by atoms with Crippen LogP contribution in [0.2, 0.25) is 0 Å². The molecule has 1 fully saturated rings. The van der Waals surface area contributed by atoms with Crippen molar-refractivity contribution >= 4 is 0 Å². The smallest absolute Gasteiger partial charge is 0.0143 e. The van der Waals surface area contributed by atoms with Gasteiger partial charge in [-0.3, -0.25) is 0 Å². The fraction of sp³-hybridized carbons (Fsp3) is 1.00. The molecule has 1 aliphatic carbocycles. The van der Waals surface area contributed by atoms with Crippen molar-refractivity contribution < 1.29 is 0 Å². The van der Waals surface area contributed by atoms with Crippen molar-refractivity contribution in [1.82, 2.24) is 5.32 Å². The normalized spacial score (nSPS) is 30.2. The van der Waals surface area contributed by atoms with E-state index in [4.69, 9.17) is 0 Å². The summed E-state index contributed by atoms with van der Waals surface area (Å²) < 4.78 is 0. The maximum atomic E-state index is 3.58. The van der Waals surface area contributed by atoms with E-state index in [-0.39, 0.29) is 0 Å². The molecule has 0 aromatic heterocycles. The maximum Gasteiger partial charge on any atom is 0.0143 e. The third-order valence-electron chi connectivity index (χ3n) is 4.16. The average Bonchev–Trinajstić information content (AvgIpc) is 2.17. The van der Waals surface area contributed by atoms with Gasteiger partial charge in [0.2, 0.25) is 0 Å². The fourth-order valence-electron chi connectivity index (χ4n) is 3.47. The monoisotopic (exact) mass is 211 g/mol. The zero-order chi connectivity index (χ0) is 11.5. The molecule has 1 nitrogen and oxygen atoms in total. The fourth-order valence-corrected chi connectivity index (χ4v) is 3.47. The maximum absolute atomic E-state index is 3.58. The molecule has 3 unspecified atom stereocenters. The highest BCUT2D eigenvalue weighted by Gasteiger charge is 2.36. The summed E-state index contributed by atoms with van der Waals surface area (Å²) in [6.07, 6.45) is 7.14. The lowest BCUT2D eigenvalue weighted by Gasteiger charge is -2.43. The van der Waals surface area contributed by atoms with Gasteiger partial charge in [0.15, 0.2) is 0 Å². The Balaban J connectivity index is 2.72. The second kappa shape index (κ2) is 5.34. The highest BCUT2D eigenvalue weighted by Crippen LogP contribution is 2.39. The molecule has 0 radical (unpaired) electrons. The van der Waals surface area contributed by atoms with Crippen molar-refractivity contribution in [2.75, 3.05) is 7.05 Å². The van der Waals surface area contributed by atoms with Crippen LogP contribution in [0.3, 0.4) is 0 Å². The Morgan fingerprint density at radius 3 is 2.27 bits per heavy atom. The van der Waals surface area contributed by atoms with Crippen LogP contribution in [0, 0.1) is 17.3 Å². The van der Waals surface area contributed by atoms with Crippen LogP contribution in [0.15, 0.2) is 0 Å². The number of nitrogens with one attached hydrogen (secondary N) is 1. The molecule has 1 aliphatic rings. The van der Waals surface area contributed by atoms with Gasteiger partial charge in [-0.25, -0.2) is 0 Å². The molecule has 0 amide bonds. The van der Waals surface area contributed by atoms with Crippen LogP contribution < -0.4 is 5.32 Å². The van der Waals surface area contributed by atoms with Gasteiger partial charge in [-0.2, -0.15) is 0 Å². The first kappa shape index (κ1) is 13.0. The minimum absolute atomic E-state index is 0.393. The molecule has 1 N–H and O–H groups in total. The van der Waals surface area contributed by atoms with Gasteiger partial charge in [-0.15, -0.1) is 0 Å². The summed E-state index contributed by atoms with van der Waals surface area (Å²) >= 11 is 0. The van der Waals surface area contributed by atoms with E-state index in [9.17, 15) is 0 Å². The molecule has 1 rings (SSSR count). The minimum Gasteiger partial charge on any atom is -0.316 e. The molecule has 3 atom stereocenters. The van der Waals surface area contributed by atoms with Crippen LogP contribution in [0.25, 0.3) is 0 Å². The average molecular weight is 211 g/mol. The van der Waals surface area contributed by atoms with E-state index in [0.717, 1.165) is 11.8 Å². The molecule has 1 heteroatoms. The van der Waals surface area contributed by atoms with E-state index in [1.54, 1.807) is 0 Å². The molecule has 0 heterocycles. The highest BCUT2D eigenvalue weighted by molar-refractivity contribution is 4.90. The van der Waals surface area contributed by atoms with Crippen molar-refractivity contribution in [3.05, 3.63) is 0 Å². The van der Waals surface area contributed by atoms with E-state index < -0.39 is 0 Å². The van der Waals surface area contributed by atoms with Crippen LogP contribution in [0.5, 0.6) is 0 Å².